The van der Waals surface area contributed by atoms with E-state index in [2.05, 4.69) is 21.7 Å². The minimum Gasteiger partial charge on any atom is -0.314 e. The van der Waals surface area contributed by atoms with Crippen LogP contribution < -0.4 is 0 Å². The fourth-order valence-corrected chi connectivity index (χ4v) is 1.11. The second-order valence-corrected chi connectivity index (χ2v) is 3.10. The Morgan fingerprint density at radius 3 is 2.35 bits per heavy atom. The monoisotopic (exact) mass is 232 g/mol. The topological polar surface area (TPSA) is 40.3 Å². The summed E-state index contributed by atoms with van der Waals surface area (Å²) in [5.41, 5.74) is 0. The largest absolute Gasteiger partial charge is 0.314 e. The van der Waals surface area contributed by atoms with Crippen LogP contribution in [-0.4, -0.2) is 30.8 Å². The van der Waals surface area contributed by atoms with Crippen LogP contribution in [0.3, 0.4) is 0 Å². The molecule has 0 aliphatic carbocycles. The summed E-state index contributed by atoms with van der Waals surface area (Å²) in [7, 11) is 1.90. The van der Waals surface area contributed by atoms with E-state index in [1.54, 1.807) is 6.20 Å². The van der Waals surface area contributed by atoms with Crippen LogP contribution in [0.1, 0.15) is 20.8 Å². The van der Waals surface area contributed by atoms with Gasteiger partial charge in [0.15, 0.2) is 0 Å². The van der Waals surface area contributed by atoms with E-state index in [0.29, 0.717) is 0 Å². The lowest BCUT2D eigenvalue weighted by atomic mass is 10.4. The van der Waals surface area contributed by atoms with Gasteiger partial charge in [0, 0.05) is 13.2 Å². The van der Waals surface area contributed by atoms with Crippen molar-refractivity contribution in [1.82, 2.24) is 4.90 Å². The molecule has 0 aromatic rings. The van der Waals surface area contributed by atoms with E-state index in [4.69, 9.17) is 0 Å². The maximum atomic E-state index is 4.32. The first-order valence-corrected chi connectivity index (χ1v) is 5.41. The zero-order chi connectivity index (χ0) is 13.1. The highest BCUT2D eigenvalue weighted by Crippen LogP contribution is 2.05. The van der Waals surface area contributed by atoms with Crippen LogP contribution in [0.15, 0.2) is 51.3 Å². The smallest absolute Gasteiger partial charge is 0.133 e. The highest BCUT2D eigenvalue weighted by atomic mass is 15.2. The summed E-state index contributed by atoms with van der Waals surface area (Å²) < 4.78 is 0. The van der Waals surface area contributed by atoms with Crippen LogP contribution in [0.5, 0.6) is 0 Å². The van der Waals surface area contributed by atoms with E-state index in [1.165, 1.54) is 6.34 Å². The molecule has 0 rings (SSSR count). The van der Waals surface area contributed by atoms with Gasteiger partial charge in [-0.2, -0.15) is 0 Å². The zero-order valence-corrected chi connectivity index (χ0v) is 11.0. The lowest BCUT2D eigenvalue weighted by molar-refractivity contribution is 0.620. The van der Waals surface area contributed by atoms with Crippen molar-refractivity contribution in [3.8, 4) is 0 Å². The van der Waals surface area contributed by atoms with Crippen molar-refractivity contribution in [1.29, 1.82) is 0 Å². The number of likely N-dealkylation sites (N-methyl/N-ethyl adjacent to an activating group) is 1. The maximum absolute atomic E-state index is 4.32. The quantitative estimate of drug-likeness (QED) is 0.530. The molecule has 0 aliphatic heterocycles. The Morgan fingerprint density at radius 2 is 1.88 bits per heavy atom. The van der Waals surface area contributed by atoms with Crippen molar-refractivity contribution in [3.63, 3.8) is 0 Å². The number of amidine groups is 1. The van der Waals surface area contributed by atoms with E-state index in [9.17, 15) is 0 Å². The Hall–Kier alpha value is -1.97. The van der Waals surface area contributed by atoms with Gasteiger partial charge in [-0.15, -0.1) is 0 Å². The molecule has 0 atom stereocenters. The summed E-state index contributed by atoms with van der Waals surface area (Å²) in [6, 6.07) is 0. The summed E-state index contributed by atoms with van der Waals surface area (Å²) >= 11 is 0. The van der Waals surface area contributed by atoms with Crippen molar-refractivity contribution in [2.75, 3.05) is 7.05 Å². The fourth-order valence-electron chi connectivity index (χ4n) is 1.11. The van der Waals surface area contributed by atoms with Crippen LogP contribution in [0.25, 0.3) is 0 Å². The first kappa shape index (κ1) is 15.0. The molecule has 0 saturated carbocycles. The normalized spacial score (nSPS) is 14.1. The molecule has 4 nitrogen and oxygen atoms in total. The van der Waals surface area contributed by atoms with E-state index in [-0.39, 0.29) is 0 Å². The number of allylic oxidation sites excluding steroid dienone is 3. The fraction of sp³-hybridized carbons (Fsp3) is 0.308. The number of hydrogen-bond donors (Lipinski definition) is 0. The van der Waals surface area contributed by atoms with Gasteiger partial charge in [-0.05, 0) is 39.6 Å². The number of hydrogen-bond acceptors (Lipinski definition) is 2. The average molecular weight is 232 g/mol. The van der Waals surface area contributed by atoms with E-state index in [0.717, 1.165) is 11.7 Å². The van der Waals surface area contributed by atoms with Crippen molar-refractivity contribution in [2.45, 2.75) is 20.8 Å². The Morgan fingerprint density at radius 1 is 1.18 bits per heavy atom. The molecule has 0 unspecified atom stereocenters. The Balaban J connectivity index is 5.12. The minimum atomic E-state index is 0.763. The van der Waals surface area contributed by atoms with Gasteiger partial charge in [0.05, 0.1) is 0 Å². The van der Waals surface area contributed by atoms with Gasteiger partial charge < -0.3 is 4.90 Å². The molecule has 0 bridgehead atoms. The summed E-state index contributed by atoms with van der Waals surface area (Å²) in [6.45, 7) is 9.14. The third-order valence-electron chi connectivity index (χ3n) is 1.89. The van der Waals surface area contributed by atoms with E-state index in [1.807, 2.05) is 57.0 Å². The predicted octanol–water partition coefficient (Wildman–Crippen LogP) is 3.02. The van der Waals surface area contributed by atoms with Gasteiger partial charge in [-0.25, -0.2) is 9.98 Å². The summed E-state index contributed by atoms with van der Waals surface area (Å²) in [5, 5.41) is 0. The standard InChI is InChI=1S/C13H20N4/c1-6-9-13(15-10-7-2)17(5)12(8-3)16-11-14-4/h6-11H,4H2,1-3,5H3/b9-6-,10-7-,12-8+,15-13+,16-11-. The third kappa shape index (κ3) is 5.61. The lowest BCUT2D eigenvalue weighted by Crippen LogP contribution is -2.23. The molecule has 0 spiro atoms. The second-order valence-electron chi connectivity index (χ2n) is 3.10. The van der Waals surface area contributed by atoms with Crippen LogP contribution in [-0.2, 0) is 0 Å². The molecule has 0 fully saturated rings. The molecule has 0 saturated heterocycles. The first-order chi connectivity index (χ1) is 8.21. The number of rotatable bonds is 5. The second kappa shape index (κ2) is 9.27. The van der Waals surface area contributed by atoms with Crippen molar-refractivity contribution < 1.29 is 0 Å². The van der Waals surface area contributed by atoms with Crippen LogP contribution in [0.4, 0.5) is 0 Å². The summed E-state index contributed by atoms with van der Waals surface area (Å²) in [6.07, 6.45) is 10.8. The van der Waals surface area contributed by atoms with Crippen molar-refractivity contribution in [2.24, 2.45) is 15.0 Å². The van der Waals surface area contributed by atoms with Crippen molar-refractivity contribution >= 4 is 18.9 Å². The maximum Gasteiger partial charge on any atom is 0.133 e. The van der Waals surface area contributed by atoms with Gasteiger partial charge in [-0.1, -0.05) is 12.2 Å². The van der Waals surface area contributed by atoms with Crippen LogP contribution in [0.2, 0.25) is 0 Å². The van der Waals surface area contributed by atoms with Crippen LogP contribution in [0, 0.1) is 0 Å². The average Bonchev–Trinajstić information content (AvgIpc) is 2.35. The zero-order valence-electron chi connectivity index (χ0n) is 11.0. The van der Waals surface area contributed by atoms with Gasteiger partial charge in [0.25, 0.3) is 0 Å². The lowest BCUT2D eigenvalue weighted by Gasteiger charge is -2.18. The Kier molecular flexibility index (Phi) is 8.20. The molecule has 0 aromatic carbocycles. The minimum absolute atomic E-state index is 0.763. The molecule has 17 heavy (non-hydrogen) atoms. The first-order valence-electron chi connectivity index (χ1n) is 5.41. The molecule has 0 aromatic heterocycles. The third-order valence-corrected chi connectivity index (χ3v) is 1.89. The van der Waals surface area contributed by atoms with Crippen molar-refractivity contribution in [3.05, 3.63) is 36.3 Å². The molecular weight excluding hydrogens is 212 g/mol. The molecular formula is C13H20N4. The molecule has 0 radical (unpaired) electrons. The van der Waals surface area contributed by atoms with E-state index >= 15 is 0 Å². The van der Waals surface area contributed by atoms with Gasteiger partial charge in [-0.3, -0.25) is 4.99 Å². The van der Waals surface area contributed by atoms with E-state index < -0.39 is 0 Å². The molecule has 0 heterocycles. The Bertz CT molecular complexity index is 373. The predicted molar refractivity (Wildman–Crippen MR) is 76.6 cm³/mol. The summed E-state index contributed by atoms with van der Waals surface area (Å²) in [5.74, 6) is 1.57. The SMILES string of the molecule is C=N/C=N\C(=C/C)N(C)C(/C=C\C)=N/C=C\C. The molecule has 0 amide bonds. The highest BCUT2D eigenvalue weighted by Gasteiger charge is 2.05. The summed E-state index contributed by atoms with van der Waals surface area (Å²) in [4.78, 5) is 14.0. The number of nitrogens with zero attached hydrogens (tertiary/aromatic N) is 4. The molecule has 0 N–H and O–H groups in total. The van der Waals surface area contributed by atoms with Gasteiger partial charge in [0.1, 0.15) is 18.0 Å². The number of aliphatic imine (C=N–C) groups is 3. The highest BCUT2D eigenvalue weighted by molar-refractivity contribution is 5.94. The molecule has 92 valence electrons. The molecule has 4 heteroatoms. The Labute approximate surface area is 103 Å². The van der Waals surface area contributed by atoms with Gasteiger partial charge in [0.2, 0.25) is 0 Å². The van der Waals surface area contributed by atoms with Gasteiger partial charge >= 0.3 is 0 Å². The molecule has 0 aliphatic rings. The van der Waals surface area contributed by atoms with Crippen LogP contribution >= 0.6 is 0 Å².